The third-order valence-electron chi connectivity index (χ3n) is 3.15. The van der Waals surface area contributed by atoms with E-state index in [-0.39, 0.29) is 11.9 Å². The number of carbonyl (C=O) groups is 1. The Morgan fingerprint density at radius 3 is 2.59 bits per heavy atom. The van der Waals surface area contributed by atoms with E-state index in [1.54, 1.807) is 23.3 Å². The summed E-state index contributed by atoms with van der Waals surface area (Å²) >= 11 is 1.38. The Kier molecular flexibility index (Phi) is 4.15. The molecule has 3 rings (SSSR count). The molecule has 1 aromatic heterocycles. The van der Waals surface area contributed by atoms with Crippen LogP contribution in [0.3, 0.4) is 0 Å². The van der Waals surface area contributed by atoms with Crippen LogP contribution in [0.1, 0.15) is 19.6 Å². The number of rotatable bonds is 3. The second-order valence-corrected chi connectivity index (χ2v) is 6.13. The molecule has 112 valence electrons. The fourth-order valence-electron chi connectivity index (χ4n) is 2.14. The first-order valence-electron chi connectivity index (χ1n) is 7.05. The molecule has 2 heterocycles. The van der Waals surface area contributed by atoms with Crippen molar-refractivity contribution >= 4 is 34.6 Å². The lowest BCUT2D eigenvalue weighted by Crippen LogP contribution is -2.35. The zero-order chi connectivity index (χ0) is 15.5. The molecule has 1 fully saturated rings. The monoisotopic (exact) mass is 312 g/mol. The summed E-state index contributed by atoms with van der Waals surface area (Å²) in [6, 6.07) is 13.3. The summed E-state index contributed by atoms with van der Waals surface area (Å²) in [5, 5.41) is 0.698. The number of para-hydroxylation sites is 1. The van der Waals surface area contributed by atoms with Gasteiger partial charge in [-0.25, -0.2) is 4.99 Å². The third kappa shape index (κ3) is 2.99. The Balaban J connectivity index is 1.96. The molecule has 22 heavy (non-hydrogen) atoms. The molecule has 4 nitrogen and oxygen atoms in total. The molecule has 0 unspecified atom stereocenters. The molecule has 1 aromatic carbocycles. The lowest BCUT2D eigenvalue weighted by Gasteiger charge is -2.19. The largest absolute Gasteiger partial charge is 0.465 e. The molecule has 1 aliphatic rings. The van der Waals surface area contributed by atoms with Gasteiger partial charge < -0.3 is 4.42 Å². The van der Waals surface area contributed by atoms with Gasteiger partial charge in [0.1, 0.15) is 5.76 Å². The van der Waals surface area contributed by atoms with Gasteiger partial charge in [0, 0.05) is 12.1 Å². The van der Waals surface area contributed by atoms with E-state index in [0.717, 1.165) is 5.69 Å². The quantitative estimate of drug-likeness (QED) is 0.794. The summed E-state index contributed by atoms with van der Waals surface area (Å²) in [6.45, 7) is 3.96. The van der Waals surface area contributed by atoms with Crippen LogP contribution in [-0.2, 0) is 4.79 Å². The van der Waals surface area contributed by atoms with Gasteiger partial charge in [-0.15, -0.1) is 0 Å². The van der Waals surface area contributed by atoms with Crippen molar-refractivity contribution < 1.29 is 9.21 Å². The average molecular weight is 312 g/mol. The van der Waals surface area contributed by atoms with Crippen molar-refractivity contribution in [3.05, 3.63) is 59.4 Å². The van der Waals surface area contributed by atoms with E-state index in [9.17, 15) is 4.79 Å². The SMILES string of the molecule is CC(C)N1C(=O)/C(=C\c2ccco2)SC1=Nc1ccccc1. The van der Waals surface area contributed by atoms with Crippen LogP contribution in [-0.4, -0.2) is 22.0 Å². The summed E-state index contributed by atoms with van der Waals surface area (Å²) in [6.07, 6.45) is 3.35. The molecule has 1 saturated heterocycles. The minimum absolute atomic E-state index is 0.0360. The summed E-state index contributed by atoms with van der Waals surface area (Å²) in [7, 11) is 0. The van der Waals surface area contributed by atoms with Gasteiger partial charge in [0.05, 0.1) is 16.9 Å². The van der Waals surface area contributed by atoms with E-state index in [2.05, 4.69) is 4.99 Å². The van der Waals surface area contributed by atoms with Crippen LogP contribution in [0.5, 0.6) is 0 Å². The molecule has 0 radical (unpaired) electrons. The van der Waals surface area contributed by atoms with Crippen LogP contribution >= 0.6 is 11.8 Å². The second kappa shape index (κ2) is 6.23. The minimum Gasteiger partial charge on any atom is -0.465 e. The third-order valence-corrected chi connectivity index (χ3v) is 4.13. The number of hydrogen-bond acceptors (Lipinski definition) is 4. The van der Waals surface area contributed by atoms with E-state index in [0.29, 0.717) is 15.8 Å². The van der Waals surface area contributed by atoms with E-state index in [1.807, 2.05) is 50.2 Å². The molecule has 0 N–H and O–H groups in total. The molecule has 0 bridgehead atoms. The Labute approximate surface area is 133 Å². The smallest absolute Gasteiger partial charge is 0.267 e. The number of amides is 1. The highest BCUT2D eigenvalue weighted by Gasteiger charge is 2.35. The molecule has 5 heteroatoms. The van der Waals surface area contributed by atoms with Crippen molar-refractivity contribution in [3.8, 4) is 0 Å². The van der Waals surface area contributed by atoms with Crippen LogP contribution in [0.15, 0.2) is 63.0 Å². The van der Waals surface area contributed by atoms with Crippen molar-refractivity contribution in [3.63, 3.8) is 0 Å². The number of hydrogen-bond donors (Lipinski definition) is 0. The Morgan fingerprint density at radius 2 is 1.95 bits per heavy atom. The topological polar surface area (TPSA) is 45.8 Å². The summed E-state index contributed by atoms with van der Waals surface area (Å²) in [5.74, 6) is 0.631. The molecule has 1 amide bonds. The highest BCUT2D eigenvalue weighted by atomic mass is 32.2. The predicted molar refractivity (Wildman–Crippen MR) is 89.8 cm³/mol. The van der Waals surface area contributed by atoms with Gasteiger partial charge in [-0.2, -0.15) is 0 Å². The Morgan fingerprint density at radius 1 is 1.18 bits per heavy atom. The molecule has 1 aliphatic heterocycles. The van der Waals surface area contributed by atoms with Crippen molar-refractivity contribution in [1.29, 1.82) is 0 Å². The summed E-state index contributed by atoms with van der Waals surface area (Å²) in [4.78, 5) is 19.5. The zero-order valence-electron chi connectivity index (χ0n) is 12.4. The van der Waals surface area contributed by atoms with Crippen LogP contribution in [0, 0.1) is 0 Å². The Hall–Kier alpha value is -2.27. The van der Waals surface area contributed by atoms with E-state index in [4.69, 9.17) is 4.42 Å². The Bertz CT molecular complexity index is 718. The minimum atomic E-state index is -0.0360. The van der Waals surface area contributed by atoms with Crippen molar-refractivity contribution in [1.82, 2.24) is 4.90 Å². The summed E-state index contributed by atoms with van der Waals surface area (Å²) < 4.78 is 5.29. The molecular formula is C17H16N2O2S. The fraction of sp³-hybridized carbons (Fsp3) is 0.176. The molecule has 0 saturated carbocycles. The maximum atomic E-state index is 12.6. The first-order valence-corrected chi connectivity index (χ1v) is 7.87. The average Bonchev–Trinajstić information content (AvgIpc) is 3.09. The number of carbonyl (C=O) groups excluding carboxylic acids is 1. The lowest BCUT2D eigenvalue weighted by molar-refractivity contribution is -0.123. The van der Waals surface area contributed by atoms with Gasteiger partial charge in [-0.05, 0) is 49.9 Å². The maximum Gasteiger partial charge on any atom is 0.267 e. The molecule has 0 atom stereocenters. The number of amidine groups is 1. The van der Waals surface area contributed by atoms with Gasteiger partial charge in [-0.3, -0.25) is 9.69 Å². The second-order valence-electron chi connectivity index (χ2n) is 5.12. The van der Waals surface area contributed by atoms with Crippen molar-refractivity contribution in [2.24, 2.45) is 4.99 Å². The van der Waals surface area contributed by atoms with Gasteiger partial charge in [-0.1, -0.05) is 18.2 Å². The molecule has 0 spiro atoms. The van der Waals surface area contributed by atoms with Gasteiger partial charge in [0.25, 0.3) is 5.91 Å². The molecule has 0 aliphatic carbocycles. The van der Waals surface area contributed by atoms with Crippen molar-refractivity contribution in [2.45, 2.75) is 19.9 Å². The normalized spacial score (nSPS) is 18.9. The van der Waals surface area contributed by atoms with Gasteiger partial charge in [0.15, 0.2) is 5.17 Å². The van der Waals surface area contributed by atoms with Crippen LogP contribution < -0.4 is 0 Å². The maximum absolute atomic E-state index is 12.6. The molecular weight excluding hydrogens is 296 g/mol. The van der Waals surface area contributed by atoms with Crippen molar-refractivity contribution in [2.75, 3.05) is 0 Å². The number of thioether (sulfide) groups is 1. The standard InChI is InChI=1S/C17H16N2O2S/c1-12(2)19-16(20)15(11-14-9-6-10-21-14)22-17(19)18-13-7-4-3-5-8-13/h3-12H,1-2H3/b15-11+,18-17?. The van der Waals surface area contributed by atoms with Gasteiger partial charge in [0.2, 0.25) is 0 Å². The lowest BCUT2D eigenvalue weighted by atomic mass is 10.3. The number of nitrogens with zero attached hydrogens (tertiary/aromatic N) is 2. The first-order chi connectivity index (χ1) is 10.6. The first kappa shape index (κ1) is 14.7. The molecule has 2 aromatic rings. The van der Waals surface area contributed by atoms with Gasteiger partial charge >= 0.3 is 0 Å². The van der Waals surface area contributed by atoms with E-state index in [1.165, 1.54) is 11.8 Å². The zero-order valence-corrected chi connectivity index (χ0v) is 13.2. The van der Waals surface area contributed by atoms with E-state index >= 15 is 0 Å². The predicted octanol–water partition coefficient (Wildman–Crippen LogP) is 4.29. The summed E-state index contributed by atoms with van der Waals surface area (Å²) in [5.41, 5.74) is 0.836. The highest BCUT2D eigenvalue weighted by Crippen LogP contribution is 2.35. The number of benzene rings is 1. The van der Waals surface area contributed by atoms with Crippen LogP contribution in [0.4, 0.5) is 5.69 Å². The highest BCUT2D eigenvalue weighted by molar-refractivity contribution is 8.18. The number of furan rings is 1. The van der Waals surface area contributed by atoms with Crippen LogP contribution in [0.2, 0.25) is 0 Å². The van der Waals surface area contributed by atoms with E-state index < -0.39 is 0 Å². The number of aliphatic imine (C=N–C) groups is 1. The fourth-order valence-corrected chi connectivity index (χ4v) is 3.24. The van der Waals surface area contributed by atoms with Crippen LogP contribution in [0.25, 0.3) is 6.08 Å².